The lowest BCUT2D eigenvalue weighted by atomic mass is 9.87. The van der Waals surface area contributed by atoms with Gasteiger partial charge in [0.25, 0.3) is 0 Å². The van der Waals surface area contributed by atoms with Crippen LogP contribution in [-0.4, -0.2) is 26.5 Å². The van der Waals surface area contributed by atoms with Crippen LogP contribution in [0.2, 0.25) is 0 Å². The summed E-state index contributed by atoms with van der Waals surface area (Å²) in [5.74, 6) is 0.00444. The van der Waals surface area contributed by atoms with Crippen molar-refractivity contribution in [1.82, 2.24) is 15.0 Å². The normalized spacial score (nSPS) is 10.3. The summed E-state index contributed by atoms with van der Waals surface area (Å²) in [6.45, 7) is 14.5. The quantitative estimate of drug-likeness (QED) is 0.101. The van der Waals surface area contributed by atoms with Gasteiger partial charge in [0, 0.05) is 68.7 Å². The number of aromatic nitrogens is 4. The van der Waals surface area contributed by atoms with E-state index in [0.717, 1.165) is 15.7 Å². The Bertz CT molecular complexity index is 1390. The Kier molecular flexibility index (Phi) is 20.5. The molecule has 0 N–H and O–H groups in total. The number of ketones is 2. The maximum Gasteiger partial charge on any atom is 0.245 e. The first kappa shape index (κ1) is 42.1. The van der Waals surface area contributed by atoms with Crippen LogP contribution in [0.3, 0.4) is 0 Å². The van der Waals surface area contributed by atoms with Gasteiger partial charge < -0.3 is 24.0 Å². The Hall–Kier alpha value is -0.910. The van der Waals surface area contributed by atoms with Gasteiger partial charge in [0.15, 0.2) is 18.2 Å². The largest absolute Gasteiger partial charge is 1.00 e. The molecule has 0 unspecified atom stereocenters. The van der Waals surface area contributed by atoms with Crippen LogP contribution in [0.1, 0.15) is 80.6 Å². The van der Waals surface area contributed by atoms with Crippen LogP contribution in [-0.2, 0) is 17.4 Å². The Morgan fingerprint density at radius 2 is 1.14 bits per heavy atom. The molecular weight excluding hydrogens is 1010 g/mol. The minimum Gasteiger partial charge on any atom is -1.00 e. The van der Waals surface area contributed by atoms with Crippen molar-refractivity contribution in [1.29, 1.82) is 0 Å². The minimum absolute atomic E-state index is 0. The molecule has 0 aliphatic rings. The van der Waals surface area contributed by atoms with Crippen molar-refractivity contribution in [2.45, 2.75) is 65.8 Å². The number of nitrogens with zero attached hydrogens (tertiary/aromatic N) is 4. The zero-order valence-electron chi connectivity index (χ0n) is 25.3. The highest BCUT2D eigenvalue weighted by molar-refractivity contribution is 15.0. The van der Waals surface area contributed by atoms with E-state index in [9.17, 15) is 9.59 Å². The molecule has 4 rings (SSSR count). The van der Waals surface area contributed by atoms with E-state index in [4.69, 9.17) is 0 Å². The third kappa shape index (κ3) is 16.8. The Morgan fingerprint density at radius 3 is 1.51 bits per heavy atom. The molecule has 6 nitrogen and oxygen atoms in total. The summed E-state index contributed by atoms with van der Waals surface area (Å²) in [5, 5.41) is 0. The summed E-state index contributed by atoms with van der Waals surface area (Å²) in [5.41, 5.74) is 3.26. The van der Waals surface area contributed by atoms with Crippen LogP contribution in [0.15, 0.2) is 94.7 Å². The van der Waals surface area contributed by atoms with E-state index in [1.165, 1.54) is 6.92 Å². The first-order chi connectivity index (χ1) is 19.7. The highest BCUT2D eigenvalue weighted by Crippen LogP contribution is 2.26. The van der Waals surface area contributed by atoms with E-state index >= 15 is 0 Å². The lowest BCUT2D eigenvalue weighted by molar-refractivity contribution is -0.683. The molecule has 43 heavy (non-hydrogen) atoms. The number of hydrogen-bond acceptors (Lipinski definition) is 5. The zero-order valence-corrected chi connectivity index (χ0v) is 34.9. The first-order valence-electron chi connectivity index (χ1n) is 13.0. The number of carbonyl (C=O) groups is 2. The van der Waals surface area contributed by atoms with Crippen LogP contribution in [0.25, 0.3) is 0 Å². The van der Waals surface area contributed by atoms with E-state index in [1.54, 1.807) is 12.4 Å². The number of Topliss-reactive ketones (excluding diaryl/α,β-unsaturated/α-hetero) is 2. The molecule has 0 aromatic carbocycles. The average molecular weight is 1050 g/mol. The summed E-state index contributed by atoms with van der Waals surface area (Å²) in [7, 11) is 0. The SMILES string of the molecule is CC(=O)c1cc(C(C)(C)C)cc(Br)n1.CC(C)(C)c1cc(Br)nc(C(=O)C[n+]2ccccc2)c1.II.[I-].c1ccncc1. The summed E-state index contributed by atoms with van der Waals surface area (Å²) in [4.78, 5) is 35.7. The molecule has 0 saturated carbocycles. The first-order valence-corrected chi connectivity index (χ1v) is 20.9. The summed E-state index contributed by atoms with van der Waals surface area (Å²) in [6.07, 6.45) is 7.25. The number of pyridine rings is 4. The molecule has 0 atom stereocenters. The number of rotatable bonds is 4. The molecule has 0 fully saturated rings. The van der Waals surface area contributed by atoms with Crippen molar-refractivity contribution in [2.24, 2.45) is 0 Å². The second-order valence-corrected chi connectivity index (χ2v) is 12.8. The lowest BCUT2D eigenvalue weighted by Crippen LogP contribution is -3.00. The molecule has 0 radical (unpaired) electrons. The summed E-state index contributed by atoms with van der Waals surface area (Å²) in [6, 6.07) is 19.1. The number of hydrogen-bond donors (Lipinski definition) is 0. The fourth-order valence-corrected chi connectivity index (χ4v) is 4.16. The molecule has 4 aromatic rings. The molecule has 11 heteroatoms. The minimum atomic E-state index is -0.0135. The van der Waals surface area contributed by atoms with E-state index < -0.39 is 0 Å². The lowest BCUT2D eigenvalue weighted by Gasteiger charge is -2.19. The van der Waals surface area contributed by atoms with Gasteiger partial charge in [0.2, 0.25) is 12.3 Å². The second-order valence-electron chi connectivity index (χ2n) is 11.2. The third-order valence-corrected chi connectivity index (χ3v) is 6.45. The molecule has 0 amide bonds. The third-order valence-electron chi connectivity index (χ3n) is 5.64. The van der Waals surface area contributed by atoms with Crippen LogP contribution < -0.4 is 28.5 Å². The highest BCUT2D eigenvalue weighted by atomic mass is 128. The van der Waals surface area contributed by atoms with Crippen molar-refractivity contribution in [3.8, 4) is 0 Å². The topological polar surface area (TPSA) is 76.7 Å². The van der Waals surface area contributed by atoms with Crippen LogP contribution in [0.4, 0.5) is 0 Å². The monoisotopic (exact) mass is 1050 g/mol. The molecule has 4 heterocycles. The molecule has 0 aliphatic heterocycles. The van der Waals surface area contributed by atoms with Gasteiger partial charge in [-0.1, -0.05) is 53.7 Å². The maximum absolute atomic E-state index is 12.3. The van der Waals surface area contributed by atoms with Gasteiger partial charge >= 0.3 is 0 Å². The molecule has 0 spiro atoms. The van der Waals surface area contributed by atoms with Crippen molar-refractivity contribution < 1.29 is 38.1 Å². The number of halogens is 5. The highest BCUT2D eigenvalue weighted by Gasteiger charge is 2.20. The Labute approximate surface area is 313 Å². The van der Waals surface area contributed by atoms with Crippen molar-refractivity contribution in [2.75, 3.05) is 0 Å². The van der Waals surface area contributed by atoms with Crippen molar-refractivity contribution >= 4 is 80.7 Å². The van der Waals surface area contributed by atoms with E-state index in [2.05, 4.69) is 126 Å². The summed E-state index contributed by atoms with van der Waals surface area (Å²) >= 11 is 10.9. The van der Waals surface area contributed by atoms with Gasteiger partial charge in [0.1, 0.15) is 20.6 Å². The second kappa shape index (κ2) is 21.0. The van der Waals surface area contributed by atoms with Crippen LogP contribution in [0.5, 0.6) is 0 Å². The van der Waals surface area contributed by atoms with Gasteiger partial charge in [-0.25, -0.2) is 9.97 Å². The smallest absolute Gasteiger partial charge is 0.245 e. The fraction of sp³-hybridized carbons (Fsp3) is 0.312. The van der Waals surface area contributed by atoms with Gasteiger partial charge in [-0.2, -0.15) is 4.57 Å². The zero-order chi connectivity index (χ0) is 31.9. The number of carbonyl (C=O) groups excluding carboxylic acids is 2. The van der Waals surface area contributed by atoms with Gasteiger partial charge in [0.05, 0.1) is 0 Å². The van der Waals surface area contributed by atoms with Crippen LogP contribution >= 0.6 is 69.1 Å². The molecule has 0 saturated heterocycles. The predicted molar refractivity (Wildman–Crippen MR) is 195 cm³/mol. The van der Waals surface area contributed by atoms with E-state index in [0.29, 0.717) is 22.5 Å². The van der Waals surface area contributed by atoms with Gasteiger partial charge in [-0.05, 0) is 90.2 Å². The molecular formula is C32H37Br2I3N4O2. The fourth-order valence-electron chi connectivity index (χ4n) is 3.28. The van der Waals surface area contributed by atoms with Crippen LogP contribution in [0, 0.1) is 0 Å². The predicted octanol–water partition coefficient (Wildman–Crippen LogP) is 6.51. The molecule has 4 aromatic heterocycles. The maximum atomic E-state index is 12.3. The Morgan fingerprint density at radius 1 is 0.721 bits per heavy atom. The van der Waals surface area contributed by atoms with E-state index in [-0.39, 0.29) is 46.4 Å². The average Bonchev–Trinajstić information content (AvgIpc) is 2.95. The molecule has 0 aliphatic carbocycles. The van der Waals surface area contributed by atoms with Gasteiger partial charge in [-0.3, -0.25) is 14.6 Å². The standard InChI is InChI=1S/C16H18BrN2O.C11H14BrNO.C5H5N.I2.HI/c1-16(2,3)12-9-13(18-15(17)10-12)14(20)11-19-7-5-4-6-8-19;1-7(14)9-5-8(11(2,3)4)6-10(12)13-9;1-2-4-6-5-3-1;1-2;/h4-10H,11H2,1-3H3;5-6H,1-4H3;1-5H;;1H/q+1;;;;/p-1. The van der Waals surface area contributed by atoms with Crippen molar-refractivity contribution in [3.05, 3.63) is 117 Å². The van der Waals surface area contributed by atoms with Gasteiger partial charge in [-0.15, -0.1) is 0 Å². The van der Waals surface area contributed by atoms with E-state index in [1.807, 2.05) is 77.6 Å². The molecule has 0 bridgehead atoms. The van der Waals surface area contributed by atoms with Crippen molar-refractivity contribution in [3.63, 3.8) is 0 Å². The summed E-state index contributed by atoms with van der Waals surface area (Å²) < 4.78 is 3.27. The Balaban J connectivity index is 0.000000665. The molecule has 232 valence electrons.